The van der Waals surface area contributed by atoms with Gasteiger partial charge in [-0.15, -0.1) is 0 Å². The van der Waals surface area contributed by atoms with Gasteiger partial charge in [0.15, 0.2) is 0 Å². The van der Waals surface area contributed by atoms with E-state index in [2.05, 4.69) is 0 Å². The number of rotatable bonds is 4. The van der Waals surface area contributed by atoms with Crippen molar-refractivity contribution in [2.24, 2.45) is 0 Å². The van der Waals surface area contributed by atoms with Crippen LogP contribution in [0.1, 0.15) is 11.1 Å². The third-order valence-electron chi connectivity index (χ3n) is 2.95. The molecule has 0 saturated carbocycles. The summed E-state index contributed by atoms with van der Waals surface area (Å²) in [6.45, 7) is 0. The number of nitriles is 1. The fourth-order valence-corrected chi connectivity index (χ4v) is 1.94. The van der Waals surface area contributed by atoms with Gasteiger partial charge in [0.25, 0.3) is 11.4 Å². The predicted octanol–water partition coefficient (Wildman–Crippen LogP) is 3.26. The van der Waals surface area contributed by atoms with Gasteiger partial charge in [0.2, 0.25) is 0 Å². The second kappa shape index (κ2) is 6.28. The molecule has 2 aromatic carbocycles. The van der Waals surface area contributed by atoms with Gasteiger partial charge in [0, 0.05) is 12.1 Å². The third-order valence-corrected chi connectivity index (χ3v) is 2.95. The van der Waals surface area contributed by atoms with E-state index in [1.54, 1.807) is 30.3 Å². The number of hydrogen-bond donors (Lipinski definition) is 0. The maximum absolute atomic E-state index is 11.4. The monoisotopic (exact) mass is 295 g/mol. The van der Waals surface area contributed by atoms with Crippen LogP contribution in [0.4, 0.5) is 5.69 Å². The molecule has 0 amide bonds. The highest BCUT2D eigenvalue weighted by molar-refractivity contribution is 5.94. The average molecular weight is 295 g/mol. The summed E-state index contributed by atoms with van der Waals surface area (Å²) in [7, 11) is 0. The Morgan fingerprint density at radius 2 is 1.50 bits per heavy atom. The van der Waals surface area contributed by atoms with E-state index in [4.69, 9.17) is 0 Å². The Labute approximate surface area is 125 Å². The molecule has 0 spiro atoms. The Bertz CT molecular complexity index is 790. The molecule has 0 heterocycles. The molecule has 0 atom stereocenters. The number of allylic oxidation sites excluding steroid dienone is 1. The Hall–Kier alpha value is -3.53. The van der Waals surface area contributed by atoms with E-state index in [0.717, 1.165) is 0 Å². The molecule has 2 aromatic rings. The van der Waals surface area contributed by atoms with E-state index >= 15 is 0 Å². The van der Waals surface area contributed by atoms with Crippen molar-refractivity contribution in [3.8, 4) is 6.07 Å². The summed E-state index contributed by atoms with van der Waals surface area (Å²) in [5.74, 6) is 0. The van der Waals surface area contributed by atoms with E-state index < -0.39 is 9.85 Å². The lowest BCUT2D eigenvalue weighted by Gasteiger charge is -2.03. The molecular weight excluding hydrogens is 286 g/mol. The van der Waals surface area contributed by atoms with E-state index in [1.165, 1.54) is 24.3 Å². The predicted molar refractivity (Wildman–Crippen MR) is 79.0 cm³/mol. The molecule has 0 aromatic heterocycles. The normalized spacial score (nSPS) is 11.2. The number of hydrogen-bond acceptors (Lipinski definition) is 5. The summed E-state index contributed by atoms with van der Waals surface area (Å²) >= 11 is 0. The van der Waals surface area contributed by atoms with Gasteiger partial charge in [0.1, 0.15) is 11.6 Å². The minimum Gasteiger partial charge on any atom is -0.258 e. The summed E-state index contributed by atoms with van der Waals surface area (Å²) in [4.78, 5) is 20.7. The van der Waals surface area contributed by atoms with Gasteiger partial charge < -0.3 is 0 Å². The lowest BCUT2D eigenvalue weighted by molar-refractivity contribution is -0.385. The molecule has 0 bridgehead atoms. The van der Waals surface area contributed by atoms with Gasteiger partial charge >= 0.3 is 0 Å². The van der Waals surface area contributed by atoms with E-state index in [9.17, 15) is 25.5 Å². The van der Waals surface area contributed by atoms with Crippen LogP contribution in [-0.4, -0.2) is 9.85 Å². The Balaban J connectivity index is 2.63. The molecule has 0 unspecified atom stereocenters. The van der Waals surface area contributed by atoms with Gasteiger partial charge in [-0.05, 0) is 17.7 Å². The number of nitro groups is 2. The number of nitro benzene ring substituents is 1. The minimum absolute atomic E-state index is 0.0977. The third kappa shape index (κ3) is 2.96. The molecule has 0 aliphatic carbocycles. The first-order valence-electron chi connectivity index (χ1n) is 6.13. The first-order valence-corrected chi connectivity index (χ1v) is 6.13. The molecule has 0 aliphatic rings. The largest absolute Gasteiger partial charge is 0.294 e. The molecular formula is C15H9N3O4. The summed E-state index contributed by atoms with van der Waals surface area (Å²) in [6.07, 6.45) is 0. The van der Waals surface area contributed by atoms with Crippen LogP contribution in [0.5, 0.6) is 0 Å². The van der Waals surface area contributed by atoms with Crippen molar-refractivity contribution in [3.05, 3.63) is 86.0 Å². The first kappa shape index (κ1) is 14.9. The number of benzene rings is 2. The van der Waals surface area contributed by atoms with Crippen LogP contribution in [0, 0.1) is 31.6 Å². The zero-order valence-electron chi connectivity index (χ0n) is 11.2. The average Bonchev–Trinajstić information content (AvgIpc) is 2.53. The van der Waals surface area contributed by atoms with Crippen molar-refractivity contribution >= 4 is 17.0 Å². The van der Waals surface area contributed by atoms with Crippen LogP contribution in [0.15, 0.2) is 54.6 Å². The van der Waals surface area contributed by atoms with Gasteiger partial charge in [-0.25, -0.2) is 0 Å². The summed E-state index contributed by atoms with van der Waals surface area (Å²) in [5, 5.41) is 31.3. The van der Waals surface area contributed by atoms with Crippen molar-refractivity contribution < 1.29 is 9.85 Å². The van der Waals surface area contributed by atoms with E-state index in [1.807, 2.05) is 6.07 Å². The van der Waals surface area contributed by atoms with Gasteiger partial charge in [-0.1, -0.05) is 30.3 Å². The highest BCUT2D eigenvalue weighted by Gasteiger charge is 2.23. The second-order valence-corrected chi connectivity index (χ2v) is 4.26. The van der Waals surface area contributed by atoms with Crippen molar-refractivity contribution in [2.75, 3.05) is 0 Å². The molecule has 7 heteroatoms. The first-order chi connectivity index (χ1) is 10.5. The maximum Gasteiger partial charge on any atom is 0.294 e. The fourth-order valence-electron chi connectivity index (χ4n) is 1.94. The van der Waals surface area contributed by atoms with Gasteiger partial charge in [-0.2, -0.15) is 5.26 Å². The highest BCUT2D eigenvalue weighted by Crippen LogP contribution is 2.27. The quantitative estimate of drug-likeness (QED) is 0.372. The van der Waals surface area contributed by atoms with Crippen LogP contribution in [0.25, 0.3) is 11.3 Å². The van der Waals surface area contributed by atoms with Crippen LogP contribution < -0.4 is 0 Å². The van der Waals surface area contributed by atoms with Crippen LogP contribution in [-0.2, 0) is 0 Å². The molecule has 0 aliphatic heterocycles. The van der Waals surface area contributed by atoms with Crippen LogP contribution >= 0.6 is 0 Å². The molecule has 0 saturated heterocycles. The molecule has 0 radical (unpaired) electrons. The lowest BCUT2D eigenvalue weighted by atomic mass is 10.0. The number of nitrogens with zero attached hydrogens (tertiary/aromatic N) is 3. The fraction of sp³-hybridized carbons (Fsp3) is 0. The topological polar surface area (TPSA) is 110 Å². The molecule has 0 fully saturated rings. The summed E-state index contributed by atoms with van der Waals surface area (Å²) < 4.78 is 0. The maximum atomic E-state index is 11.4. The molecule has 7 nitrogen and oxygen atoms in total. The molecule has 108 valence electrons. The summed E-state index contributed by atoms with van der Waals surface area (Å²) in [5.41, 5.74) is -0.112. The lowest BCUT2D eigenvalue weighted by Crippen LogP contribution is -2.02. The standard InChI is InChI=1S/C15H9N3O4/c16-10-14(11-4-2-1-3-5-11)15(18(21)22)12-6-8-13(9-7-12)17(19)20/h1-9H/b15-14+. The van der Waals surface area contributed by atoms with Crippen LogP contribution in [0.2, 0.25) is 0 Å². The molecule has 0 N–H and O–H groups in total. The van der Waals surface area contributed by atoms with Crippen molar-refractivity contribution in [2.45, 2.75) is 0 Å². The zero-order valence-corrected chi connectivity index (χ0v) is 11.2. The second-order valence-electron chi connectivity index (χ2n) is 4.26. The Kier molecular flexibility index (Phi) is 4.24. The molecule has 22 heavy (non-hydrogen) atoms. The zero-order chi connectivity index (χ0) is 16.1. The van der Waals surface area contributed by atoms with Crippen LogP contribution in [0.3, 0.4) is 0 Å². The highest BCUT2D eigenvalue weighted by atomic mass is 16.6. The van der Waals surface area contributed by atoms with E-state index in [0.29, 0.717) is 5.56 Å². The number of non-ortho nitro benzene ring substituents is 1. The van der Waals surface area contributed by atoms with Gasteiger partial charge in [0.05, 0.1) is 15.4 Å². The SMILES string of the molecule is N#C/C(=C(/c1ccc([N+](=O)[O-])cc1)[N+](=O)[O-])c1ccccc1. The Morgan fingerprint density at radius 1 is 0.909 bits per heavy atom. The van der Waals surface area contributed by atoms with E-state index in [-0.39, 0.29) is 22.5 Å². The van der Waals surface area contributed by atoms with Crippen molar-refractivity contribution in [1.29, 1.82) is 5.26 Å². The molecule has 2 rings (SSSR count). The Morgan fingerprint density at radius 3 is 1.95 bits per heavy atom. The summed E-state index contributed by atoms with van der Waals surface area (Å²) in [6, 6.07) is 14.9. The smallest absolute Gasteiger partial charge is 0.258 e. The minimum atomic E-state index is -0.660. The van der Waals surface area contributed by atoms with Gasteiger partial charge in [-0.3, -0.25) is 20.2 Å². The van der Waals surface area contributed by atoms with Crippen molar-refractivity contribution in [3.63, 3.8) is 0 Å². The van der Waals surface area contributed by atoms with Crippen molar-refractivity contribution in [1.82, 2.24) is 0 Å².